The zero-order valence-electron chi connectivity index (χ0n) is 14.6. The van der Waals surface area contributed by atoms with E-state index in [1.54, 1.807) is 0 Å². The minimum Gasteiger partial charge on any atom is -0.244 e. The van der Waals surface area contributed by atoms with Crippen molar-refractivity contribution in [1.82, 2.24) is 15.0 Å². The van der Waals surface area contributed by atoms with Crippen LogP contribution in [-0.4, -0.2) is 15.0 Å². The second kappa shape index (κ2) is 4.82. The molecule has 3 nitrogen and oxygen atoms in total. The van der Waals surface area contributed by atoms with Gasteiger partial charge in [-0.3, -0.25) is 0 Å². The van der Waals surface area contributed by atoms with Gasteiger partial charge in [0.25, 0.3) is 0 Å². The van der Waals surface area contributed by atoms with E-state index in [-0.39, 0.29) is 5.54 Å². The van der Waals surface area contributed by atoms with Crippen LogP contribution < -0.4 is 0 Å². The Kier molecular flexibility index (Phi) is 3.46. The molecule has 1 saturated carbocycles. The third-order valence-corrected chi connectivity index (χ3v) is 5.27. The van der Waals surface area contributed by atoms with Gasteiger partial charge in [0, 0.05) is 0 Å². The Labute approximate surface area is 129 Å². The van der Waals surface area contributed by atoms with Gasteiger partial charge in [-0.15, -0.1) is 5.10 Å². The Bertz CT molecular complexity index is 516. The molecule has 3 heteroatoms. The third kappa shape index (κ3) is 3.02. The molecule has 1 aromatic heterocycles. The molecular weight excluding hydrogens is 258 g/mol. The largest absolute Gasteiger partial charge is 0.244 e. The molecule has 0 aromatic carbocycles. The van der Waals surface area contributed by atoms with E-state index in [9.17, 15) is 0 Å². The zero-order chi connectivity index (χ0) is 15.4. The fourth-order valence-corrected chi connectivity index (χ4v) is 4.31. The highest BCUT2D eigenvalue weighted by Crippen LogP contribution is 2.57. The van der Waals surface area contributed by atoms with Crippen molar-refractivity contribution in [2.75, 3.05) is 0 Å². The number of hydrogen-bond donors (Lipinski definition) is 0. The molecule has 0 spiro atoms. The number of nitrogens with zero attached hydrogens (tertiary/aromatic N) is 3. The van der Waals surface area contributed by atoms with Gasteiger partial charge in [-0.05, 0) is 76.0 Å². The SMILES string of the molecule is CC(C)(C)C[C@@H]1[C@@H]2CCc3nnn(C(C)(C)C)c3CC[C@@H]21. The number of aryl methyl sites for hydroxylation is 1. The maximum atomic E-state index is 4.49. The van der Waals surface area contributed by atoms with Crippen LogP contribution in [0.15, 0.2) is 0 Å². The smallest absolute Gasteiger partial charge is 0.0859 e. The van der Waals surface area contributed by atoms with Crippen molar-refractivity contribution in [3.63, 3.8) is 0 Å². The van der Waals surface area contributed by atoms with E-state index in [0.29, 0.717) is 5.41 Å². The van der Waals surface area contributed by atoms with E-state index in [1.165, 1.54) is 37.1 Å². The summed E-state index contributed by atoms with van der Waals surface area (Å²) in [7, 11) is 0. The van der Waals surface area contributed by atoms with Crippen LogP contribution in [0.1, 0.15) is 72.2 Å². The Balaban J connectivity index is 1.74. The first-order valence-corrected chi connectivity index (χ1v) is 8.61. The molecule has 0 radical (unpaired) electrons. The van der Waals surface area contributed by atoms with Gasteiger partial charge in [-0.25, -0.2) is 4.68 Å². The summed E-state index contributed by atoms with van der Waals surface area (Å²) in [6, 6.07) is 0. The molecule has 21 heavy (non-hydrogen) atoms. The van der Waals surface area contributed by atoms with Gasteiger partial charge < -0.3 is 0 Å². The lowest BCUT2D eigenvalue weighted by Crippen LogP contribution is -2.26. The monoisotopic (exact) mass is 289 g/mol. The first-order chi connectivity index (χ1) is 9.67. The molecule has 1 fully saturated rings. The van der Waals surface area contributed by atoms with Gasteiger partial charge in [0.05, 0.1) is 16.9 Å². The quantitative estimate of drug-likeness (QED) is 0.775. The number of hydrogen-bond acceptors (Lipinski definition) is 2. The first kappa shape index (κ1) is 15.1. The fraction of sp³-hybridized carbons (Fsp3) is 0.889. The summed E-state index contributed by atoms with van der Waals surface area (Å²) in [5.41, 5.74) is 3.19. The molecular formula is C18H31N3. The van der Waals surface area contributed by atoms with Crippen LogP contribution in [0.4, 0.5) is 0 Å². The minimum atomic E-state index is 0.0492. The summed E-state index contributed by atoms with van der Waals surface area (Å²) < 4.78 is 2.17. The van der Waals surface area contributed by atoms with Crippen LogP contribution in [0, 0.1) is 23.2 Å². The van der Waals surface area contributed by atoms with Gasteiger partial charge in [-0.1, -0.05) is 26.0 Å². The maximum absolute atomic E-state index is 4.49. The van der Waals surface area contributed by atoms with Crippen LogP contribution in [-0.2, 0) is 18.4 Å². The summed E-state index contributed by atoms with van der Waals surface area (Å²) in [5, 5.41) is 8.93. The standard InChI is InChI=1S/C18H31N3/c1-17(2,3)11-14-12-7-9-15-16(10-8-13(12)14)21(20-19-15)18(4,5)6/h12-14H,7-11H2,1-6H3/t12-,13+,14-/m1/s1. The number of aromatic nitrogens is 3. The molecule has 0 saturated heterocycles. The second-order valence-electron chi connectivity index (χ2n) is 9.40. The number of fused-ring (bicyclic) bond motifs is 2. The van der Waals surface area contributed by atoms with Gasteiger partial charge in [0.1, 0.15) is 0 Å². The molecule has 0 bridgehead atoms. The molecule has 3 atom stereocenters. The molecule has 0 aliphatic heterocycles. The van der Waals surface area contributed by atoms with Crippen LogP contribution in [0.25, 0.3) is 0 Å². The van der Waals surface area contributed by atoms with E-state index in [4.69, 9.17) is 0 Å². The Morgan fingerprint density at radius 1 is 1.00 bits per heavy atom. The maximum Gasteiger partial charge on any atom is 0.0859 e. The molecule has 0 unspecified atom stereocenters. The van der Waals surface area contributed by atoms with Gasteiger partial charge >= 0.3 is 0 Å². The van der Waals surface area contributed by atoms with Crippen LogP contribution in [0.3, 0.4) is 0 Å². The highest BCUT2D eigenvalue weighted by Gasteiger charge is 2.50. The van der Waals surface area contributed by atoms with Crippen LogP contribution in [0.5, 0.6) is 0 Å². The fourth-order valence-electron chi connectivity index (χ4n) is 4.31. The van der Waals surface area contributed by atoms with Gasteiger partial charge in [0.15, 0.2) is 0 Å². The average Bonchev–Trinajstić information content (AvgIpc) is 2.75. The second-order valence-corrected chi connectivity index (χ2v) is 9.40. The van der Waals surface area contributed by atoms with E-state index < -0.39 is 0 Å². The highest BCUT2D eigenvalue weighted by atomic mass is 15.5. The Morgan fingerprint density at radius 3 is 2.19 bits per heavy atom. The third-order valence-electron chi connectivity index (χ3n) is 5.27. The molecule has 3 rings (SSSR count). The van der Waals surface area contributed by atoms with Crippen molar-refractivity contribution in [3.8, 4) is 0 Å². The van der Waals surface area contributed by atoms with Crippen molar-refractivity contribution < 1.29 is 0 Å². The normalized spacial score (nSPS) is 29.3. The van der Waals surface area contributed by atoms with E-state index in [1.807, 2.05) is 0 Å². The Hall–Kier alpha value is -0.860. The van der Waals surface area contributed by atoms with Crippen molar-refractivity contribution in [3.05, 3.63) is 11.4 Å². The number of rotatable bonds is 1. The summed E-state index contributed by atoms with van der Waals surface area (Å²) >= 11 is 0. The topological polar surface area (TPSA) is 30.7 Å². The van der Waals surface area contributed by atoms with Crippen molar-refractivity contribution in [1.29, 1.82) is 0 Å². The predicted molar refractivity (Wildman–Crippen MR) is 86.2 cm³/mol. The van der Waals surface area contributed by atoms with Crippen LogP contribution >= 0.6 is 0 Å². The molecule has 0 amide bonds. The highest BCUT2D eigenvalue weighted by molar-refractivity contribution is 5.16. The molecule has 2 aliphatic carbocycles. The molecule has 118 valence electrons. The Morgan fingerprint density at radius 2 is 1.62 bits per heavy atom. The molecule has 0 N–H and O–H groups in total. The summed E-state index contributed by atoms with van der Waals surface area (Å²) in [6.45, 7) is 13.8. The minimum absolute atomic E-state index is 0.0492. The van der Waals surface area contributed by atoms with E-state index >= 15 is 0 Å². The van der Waals surface area contributed by atoms with Crippen LogP contribution in [0.2, 0.25) is 0 Å². The lowest BCUT2D eigenvalue weighted by molar-refractivity contribution is 0.329. The zero-order valence-corrected chi connectivity index (χ0v) is 14.6. The van der Waals surface area contributed by atoms with Crippen molar-refractivity contribution in [2.24, 2.45) is 23.2 Å². The first-order valence-electron chi connectivity index (χ1n) is 8.61. The summed E-state index contributed by atoms with van der Waals surface area (Å²) in [4.78, 5) is 0. The van der Waals surface area contributed by atoms with Crippen molar-refractivity contribution in [2.45, 2.75) is 79.2 Å². The van der Waals surface area contributed by atoms with Gasteiger partial charge in [0.2, 0.25) is 0 Å². The van der Waals surface area contributed by atoms with E-state index in [0.717, 1.165) is 24.2 Å². The molecule has 1 heterocycles. The lowest BCUT2D eigenvalue weighted by Gasteiger charge is -2.22. The molecule has 2 aliphatic rings. The molecule has 1 aromatic rings. The average molecular weight is 289 g/mol. The van der Waals surface area contributed by atoms with E-state index in [2.05, 4.69) is 56.5 Å². The van der Waals surface area contributed by atoms with Gasteiger partial charge in [-0.2, -0.15) is 0 Å². The predicted octanol–water partition coefficient (Wildman–Crippen LogP) is 4.21. The van der Waals surface area contributed by atoms with Crippen molar-refractivity contribution >= 4 is 0 Å². The summed E-state index contributed by atoms with van der Waals surface area (Å²) in [6.07, 6.45) is 6.34. The lowest BCUT2D eigenvalue weighted by atomic mass is 9.88. The summed E-state index contributed by atoms with van der Waals surface area (Å²) in [5.74, 6) is 2.88.